The number of carbonyl (C=O) groups is 1. The van der Waals surface area contributed by atoms with E-state index in [1.54, 1.807) is 11.0 Å². The number of amides is 2. The van der Waals surface area contributed by atoms with Gasteiger partial charge in [-0.15, -0.1) is 6.58 Å². The van der Waals surface area contributed by atoms with Gasteiger partial charge in [0.25, 0.3) is 0 Å². The smallest absolute Gasteiger partial charge is 0.318 e. The summed E-state index contributed by atoms with van der Waals surface area (Å²) in [5, 5.41) is 2.64. The second kappa shape index (κ2) is 2.53. The molecule has 0 atom stereocenters. The molecule has 0 saturated carbocycles. The van der Waals surface area contributed by atoms with E-state index in [2.05, 4.69) is 11.9 Å². The monoisotopic (exact) mass is 125 g/mol. The Morgan fingerprint density at radius 3 is 3.22 bits per heavy atom. The molecule has 1 fully saturated rings. The highest BCUT2D eigenvalue weighted by molar-refractivity contribution is 5.77. The van der Waals surface area contributed by atoms with Gasteiger partial charge in [0.2, 0.25) is 0 Å². The minimum absolute atomic E-state index is 0.0325. The zero-order valence-corrected chi connectivity index (χ0v) is 5.13. The Hall–Kier alpha value is -0.990. The molecule has 1 saturated heterocycles. The van der Waals surface area contributed by atoms with Crippen molar-refractivity contribution in [2.24, 2.45) is 0 Å². The normalized spacial score (nSPS) is 17.8. The molecule has 9 heavy (non-hydrogen) atoms. The third-order valence-corrected chi connectivity index (χ3v) is 1.15. The predicted molar refractivity (Wildman–Crippen MR) is 34.6 cm³/mol. The van der Waals surface area contributed by atoms with Crippen molar-refractivity contribution in [2.75, 3.05) is 13.1 Å². The van der Waals surface area contributed by atoms with Crippen molar-refractivity contribution in [3.8, 4) is 0 Å². The molecule has 0 aromatic heterocycles. The maximum absolute atomic E-state index is 10.7. The van der Waals surface area contributed by atoms with Crippen molar-refractivity contribution in [1.82, 2.24) is 10.2 Å². The maximum Gasteiger partial charge on any atom is 0.318 e. The summed E-state index contributed by atoms with van der Waals surface area (Å²) in [4.78, 5) is 12.3. The third-order valence-electron chi connectivity index (χ3n) is 1.15. The number of nitrogens with one attached hydrogen (secondary N) is 1. The first-order chi connectivity index (χ1) is 4.34. The van der Waals surface area contributed by atoms with Crippen LogP contribution in [0.5, 0.6) is 0 Å². The number of rotatable bonds is 2. The summed E-state index contributed by atoms with van der Waals surface area (Å²) < 4.78 is 0. The lowest BCUT2D eigenvalue weighted by Gasteiger charge is -2.08. The largest absolute Gasteiger partial charge is 0.336 e. The summed E-state index contributed by atoms with van der Waals surface area (Å²) in [5.74, 6) is 0. The van der Waals surface area contributed by atoms with Gasteiger partial charge in [-0.3, -0.25) is 0 Å². The Balaban J connectivity index is 2.39. The highest BCUT2D eigenvalue weighted by Crippen LogP contribution is 1.99. The molecule has 0 aliphatic carbocycles. The van der Waals surface area contributed by atoms with Crippen molar-refractivity contribution in [2.45, 2.75) is 0 Å². The molecular formula is C6H9N2O. The van der Waals surface area contributed by atoms with E-state index in [9.17, 15) is 4.79 Å². The fourth-order valence-corrected chi connectivity index (χ4v) is 0.724. The molecule has 0 aromatic rings. The molecule has 3 heteroatoms. The Morgan fingerprint density at radius 1 is 2.00 bits per heavy atom. The molecule has 0 bridgehead atoms. The number of nitrogens with zero attached hydrogens (tertiary/aromatic N) is 1. The lowest BCUT2D eigenvalue weighted by molar-refractivity contribution is 0.226. The molecule has 0 aromatic carbocycles. The third kappa shape index (κ3) is 1.22. The molecule has 1 N–H and O–H groups in total. The van der Waals surface area contributed by atoms with Crippen LogP contribution in [0, 0.1) is 6.54 Å². The minimum atomic E-state index is -0.0325. The SMILES string of the molecule is C=CCN1[CH]CNC1=O. The van der Waals surface area contributed by atoms with Crippen molar-refractivity contribution < 1.29 is 4.79 Å². The van der Waals surface area contributed by atoms with Gasteiger partial charge in [-0.2, -0.15) is 0 Å². The van der Waals surface area contributed by atoms with Gasteiger partial charge in [0.05, 0.1) is 6.54 Å². The average molecular weight is 125 g/mol. The van der Waals surface area contributed by atoms with Crippen LogP contribution in [0.1, 0.15) is 0 Å². The quantitative estimate of drug-likeness (QED) is 0.531. The lowest BCUT2D eigenvalue weighted by Crippen LogP contribution is -2.26. The molecular weight excluding hydrogens is 116 g/mol. The van der Waals surface area contributed by atoms with Gasteiger partial charge < -0.3 is 10.2 Å². The van der Waals surface area contributed by atoms with E-state index < -0.39 is 0 Å². The number of hydrogen-bond donors (Lipinski definition) is 1. The molecule has 1 aliphatic rings. The van der Waals surface area contributed by atoms with Crippen LogP contribution >= 0.6 is 0 Å². The van der Waals surface area contributed by atoms with Crippen LogP contribution in [0.25, 0.3) is 0 Å². The Bertz CT molecular complexity index is 133. The van der Waals surface area contributed by atoms with Gasteiger partial charge in [0.15, 0.2) is 0 Å². The van der Waals surface area contributed by atoms with Crippen LogP contribution in [0.4, 0.5) is 4.79 Å². The summed E-state index contributed by atoms with van der Waals surface area (Å²) in [5.41, 5.74) is 0. The molecule has 1 heterocycles. The summed E-state index contributed by atoms with van der Waals surface area (Å²) >= 11 is 0. The van der Waals surface area contributed by atoms with Gasteiger partial charge in [0, 0.05) is 13.1 Å². The van der Waals surface area contributed by atoms with Gasteiger partial charge in [-0.05, 0) is 0 Å². The average Bonchev–Trinajstić information content (AvgIpc) is 2.18. The van der Waals surface area contributed by atoms with E-state index in [0.717, 1.165) is 0 Å². The van der Waals surface area contributed by atoms with E-state index >= 15 is 0 Å². The van der Waals surface area contributed by atoms with Gasteiger partial charge in [0.1, 0.15) is 0 Å². The maximum atomic E-state index is 10.7. The Labute approximate surface area is 54.3 Å². The zero-order chi connectivity index (χ0) is 6.69. The van der Waals surface area contributed by atoms with Crippen molar-refractivity contribution in [1.29, 1.82) is 0 Å². The Morgan fingerprint density at radius 2 is 2.78 bits per heavy atom. The fraction of sp³-hybridized carbons (Fsp3) is 0.333. The summed E-state index contributed by atoms with van der Waals surface area (Å²) in [7, 11) is 0. The predicted octanol–water partition coefficient (Wildman–Crippen LogP) is 0.359. The highest BCUT2D eigenvalue weighted by Gasteiger charge is 2.17. The second-order valence-electron chi connectivity index (χ2n) is 1.81. The number of hydrogen-bond acceptors (Lipinski definition) is 1. The van der Waals surface area contributed by atoms with Crippen molar-refractivity contribution >= 4 is 6.03 Å². The molecule has 3 nitrogen and oxygen atoms in total. The first kappa shape index (κ1) is 6.13. The van der Waals surface area contributed by atoms with E-state index in [0.29, 0.717) is 13.1 Å². The molecule has 0 unspecified atom stereocenters. The second-order valence-corrected chi connectivity index (χ2v) is 1.81. The first-order valence-electron chi connectivity index (χ1n) is 2.83. The van der Waals surface area contributed by atoms with Crippen LogP contribution in [0.3, 0.4) is 0 Å². The Kier molecular flexibility index (Phi) is 1.72. The minimum Gasteiger partial charge on any atom is -0.336 e. The lowest BCUT2D eigenvalue weighted by atomic mass is 10.5. The molecule has 1 radical (unpaired) electrons. The van der Waals surface area contributed by atoms with Crippen LogP contribution < -0.4 is 5.32 Å². The molecule has 49 valence electrons. The van der Waals surface area contributed by atoms with Gasteiger partial charge >= 0.3 is 6.03 Å². The molecule has 1 rings (SSSR count). The van der Waals surface area contributed by atoms with Crippen LogP contribution in [0.2, 0.25) is 0 Å². The van der Waals surface area contributed by atoms with E-state index in [1.165, 1.54) is 0 Å². The van der Waals surface area contributed by atoms with Gasteiger partial charge in [-0.1, -0.05) is 6.08 Å². The number of carbonyl (C=O) groups excluding carboxylic acids is 1. The topological polar surface area (TPSA) is 32.3 Å². The summed E-state index contributed by atoms with van der Waals surface area (Å²) in [6.07, 6.45) is 1.70. The van der Waals surface area contributed by atoms with Crippen LogP contribution in [0.15, 0.2) is 12.7 Å². The number of urea groups is 1. The fourth-order valence-electron chi connectivity index (χ4n) is 0.724. The molecule has 1 aliphatic heterocycles. The van der Waals surface area contributed by atoms with Crippen LogP contribution in [-0.4, -0.2) is 24.0 Å². The van der Waals surface area contributed by atoms with E-state index in [4.69, 9.17) is 0 Å². The standard InChI is InChI=1S/C6H9N2O/c1-2-4-8-5-3-7-6(8)9/h2,5H,1,3-4H2,(H,7,9). The molecule has 0 spiro atoms. The van der Waals surface area contributed by atoms with Crippen molar-refractivity contribution in [3.63, 3.8) is 0 Å². The van der Waals surface area contributed by atoms with Crippen molar-refractivity contribution in [3.05, 3.63) is 19.2 Å². The summed E-state index contributed by atoms with van der Waals surface area (Å²) in [6, 6.07) is -0.0325. The van der Waals surface area contributed by atoms with E-state index in [1.807, 2.05) is 6.54 Å². The zero-order valence-electron chi connectivity index (χ0n) is 5.13. The van der Waals surface area contributed by atoms with E-state index in [-0.39, 0.29) is 6.03 Å². The summed E-state index contributed by atoms with van der Waals surface area (Å²) in [6.45, 7) is 6.58. The highest BCUT2D eigenvalue weighted by atomic mass is 16.2. The van der Waals surface area contributed by atoms with Gasteiger partial charge in [-0.25, -0.2) is 4.79 Å². The molecule has 2 amide bonds. The first-order valence-corrected chi connectivity index (χ1v) is 2.83. The van der Waals surface area contributed by atoms with Crippen LogP contribution in [-0.2, 0) is 0 Å².